The topological polar surface area (TPSA) is 18.5 Å². The minimum Gasteiger partial charge on any atom is -0.348 e. The van der Waals surface area contributed by atoms with Gasteiger partial charge in [-0.2, -0.15) is 0 Å². The van der Waals surface area contributed by atoms with Crippen molar-refractivity contribution < 1.29 is 9.47 Å². The predicted molar refractivity (Wildman–Crippen MR) is 98.8 cm³/mol. The highest BCUT2D eigenvalue weighted by Gasteiger charge is 2.31. The van der Waals surface area contributed by atoms with Gasteiger partial charge in [0.2, 0.25) is 0 Å². The van der Waals surface area contributed by atoms with Gasteiger partial charge in [-0.15, -0.1) is 6.58 Å². The lowest BCUT2D eigenvalue weighted by Gasteiger charge is -2.37. The molecule has 3 rings (SSSR count). The lowest BCUT2D eigenvalue weighted by atomic mass is 9.76. The van der Waals surface area contributed by atoms with Crippen LogP contribution in [0.2, 0.25) is 0 Å². The number of benzene rings is 1. The highest BCUT2D eigenvalue weighted by atomic mass is 16.7. The lowest BCUT2D eigenvalue weighted by Crippen LogP contribution is -2.34. The van der Waals surface area contributed by atoms with E-state index < -0.39 is 0 Å². The van der Waals surface area contributed by atoms with Gasteiger partial charge in [0.15, 0.2) is 6.29 Å². The highest BCUT2D eigenvalue weighted by Crippen LogP contribution is 2.37. The Morgan fingerprint density at radius 3 is 2.29 bits per heavy atom. The molecule has 1 heterocycles. The number of hydrogen-bond acceptors (Lipinski definition) is 2. The van der Waals surface area contributed by atoms with E-state index in [1.54, 1.807) is 0 Å². The molecule has 1 aromatic carbocycles. The molecule has 0 bridgehead atoms. The Hall–Kier alpha value is -1.12. The van der Waals surface area contributed by atoms with Gasteiger partial charge in [0.1, 0.15) is 0 Å². The molecule has 1 saturated heterocycles. The van der Waals surface area contributed by atoms with Crippen molar-refractivity contribution in [3.8, 4) is 0 Å². The zero-order valence-corrected chi connectivity index (χ0v) is 15.1. The van der Waals surface area contributed by atoms with Crippen LogP contribution in [0.25, 0.3) is 0 Å². The summed E-state index contributed by atoms with van der Waals surface area (Å²) in [6.07, 6.45) is 10.6. The summed E-state index contributed by atoms with van der Waals surface area (Å²) >= 11 is 0. The molecule has 132 valence electrons. The van der Waals surface area contributed by atoms with Crippen LogP contribution in [0.4, 0.5) is 0 Å². The van der Waals surface area contributed by atoms with E-state index in [9.17, 15) is 0 Å². The number of allylic oxidation sites excluding steroid dienone is 1. The summed E-state index contributed by atoms with van der Waals surface area (Å²) in [5.74, 6) is 2.30. The van der Waals surface area contributed by atoms with E-state index in [0.717, 1.165) is 43.5 Å². The fourth-order valence-corrected chi connectivity index (χ4v) is 4.03. The van der Waals surface area contributed by atoms with E-state index in [1.807, 2.05) is 6.08 Å². The van der Waals surface area contributed by atoms with Gasteiger partial charge in [-0.3, -0.25) is 0 Å². The average Bonchev–Trinajstić information content (AvgIpc) is 2.63. The van der Waals surface area contributed by atoms with Crippen LogP contribution in [-0.2, 0) is 15.9 Å². The Morgan fingerprint density at radius 1 is 1.00 bits per heavy atom. The molecule has 2 nitrogen and oxygen atoms in total. The minimum atomic E-state index is -0.175. The second-order valence-corrected chi connectivity index (χ2v) is 7.70. The molecule has 1 aromatic rings. The van der Waals surface area contributed by atoms with Crippen molar-refractivity contribution in [3.63, 3.8) is 0 Å². The number of unbranched alkanes of at least 4 members (excludes halogenated alkanes) is 1. The van der Waals surface area contributed by atoms with E-state index in [0.29, 0.717) is 5.92 Å². The summed E-state index contributed by atoms with van der Waals surface area (Å²) in [5.41, 5.74) is 2.53. The molecule has 0 radical (unpaired) electrons. The van der Waals surface area contributed by atoms with Gasteiger partial charge in [0, 0.05) is 11.5 Å². The summed E-state index contributed by atoms with van der Waals surface area (Å²) in [6.45, 7) is 7.86. The molecule has 2 aliphatic rings. The Kier molecular flexibility index (Phi) is 6.51. The van der Waals surface area contributed by atoms with Gasteiger partial charge in [0.05, 0.1) is 13.2 Å². The standard InChI is InChI=1S/C22H32O2/c1-3-4-5-6-18-9-13-20(14-10-18)22-23-15-21(16-24-22)19-11-7-17(2)8-12-19/h3,9-10,13-14,17,19,21-22H,1,4-8,11-12,15-16H2,2H3. The summed E-state index contributed by atoms with van der Waals surface area (Å²) in [6, 6.07) is 8.74. The van der Waals surface area contributed by atoms with Crippen LogP contribution < -0.4 is 0 Å². The second-order valence-electron chi connectivity index (χ2n) is 7.70. The molecule has 1 aliphatic heterocycles. The maximum atomic E-state index is 6.06. The van der Waals surface area contributed by atoms with E-state index in [4.69, 9.17) is 9.47 Å². The van der Waals surface area contributed by atoms with Gasteiger partial charge in [0.25, 0.3) is 0 Å². The van der Waals surface area contributed by atoms with Crippen molar-refractivity contribution in [1.29, 1.82) is 0 Å². The van der Waals surface area contributed by atoms with Crippen LogP contribution in [0.5, 0.6) is 0 Å². The average molecular weight is 328 g/mol. The second kappa shape index (κ2) is 8.82. The fourth-order valence-electron chi connectivity index (χ4n) is 4.03. The first-order valence-electron chi connectivity index (χ1n) is 9.69. The number of aryl methyl sites for hydroxylation is 1. The molecule has 1 aliphatic carbocycles. The van der Waals surface area contributed by atoms with Gasteiger partial charge >= 0.3 is 0 Å². The van der Waals surface area contributed by atoms with Crippen LogP contribution >= 0.6 is 0 Å². The van der Waals surface area contributed by atoms with Gasteiger partial charge < -0.3 is 9.47 Å². The quantitative estimate of drug-likeness (QED) is 0.494. The van der Waals surface area contributed by atoms with Crippen LogP contribution in [-0.4, -0.2) is 13.2 Å². The summed E-state index contributed by atoms with van der Waals surface area (Å²) < 4.78 is 12.1. The minimum absolute atomic E-state index is 0.175. The molecule has 24 heavy (non-hydrogen) atoms. The van der Waals surface area contributed by atoms with Crippen molar-refractivity contribution >= 4 is 0 Å². The van der Waals surface area contributed by atoms with Crippen molar-refractivity contribution in [2.24, 2.45) is 17.8 Å². The predicted octanol–water partition coefficient (Wildman–Crippen LogP) is 5.68. The maximum Gasteiger partial charge on any atom is 0.183 e. The smallest absolute Gasteiger partial charge is 0.183 e. The van der Waals surface area contributed by atoms with Gasteiger partial charge in [-0.05, 0) is 49.5 Å². The van der Waals surface area contributed by atoms with Crippen molar-refractivity contribution in [3.05, 3.63) is 48.0 Å². The van der Waals surface area contributed by atoms with Crippen LogP contribution in [0.1, 0.15) is 62.9 Å². The van der Waals surface area contributed by atoms with E-state index in [1.165, 1.54) is 37.7 Å². The van der Waals surface area contributed by atoms with Gasteiger partial charge in [-0.25, -0.2) is 0 Å². The molecular weight excluding hydrogens is 296 g/mol. The van der Waals surface area contributed by atoms with Crippen molar-refractivity contribution in [2.75, 3.05) is 13.2 Å². The Morgan fingerprint density at radius 2 is 1.67 bits per heavy atom. The third-order valence-electron chi connectivity index (χ3n) is 5.78. The third kappa shape index (κ3) is 4.70. The van der Waals surface area contributed by atoms with E-state index in [-0.39, 0.29) is 6.29 Å². The molecule has 0 unspecified atom stereocenters. The summed E-state index contributed by atoms with van der Waals surface area (Å²) in [7, 11) is 0. The monoisotopic (exact) mass is 328 g/mol. The molecule has 0 spiro atoms. The van der Waals surface area contributed by atoms with Crippen LogP contribution in [0.3, 0.4) is 0 Å². The molecule has 2 fully saturated rings. The number of hydrogen-bond donors (Lipinski definition) is 0. The lowest BCUT2D eigenvalue weighted by molar-refractivity contribution is -0.214. The van der Waals surface area contributed by atoms with E-state index >= 15 is 0 Å². The van der Waals surface area contributed by atoms with Crippen molar-refractivity contribution in [1.82, 2.24) is 0 Å². The van der Waals surface area contributed by atoms with Gasteiger partial charge in [-0.1, -0.05) is 50.1 Å². The number of rotatable bonds is 6. The Balaban J connectivity index is 1.46. The van der Waals surface area contributed by atoms with Crippen LogP contribution in [0, 0.1) is 17.8 Å². The first kappa shape index (κ1) is 17.7. The normalized spacial score (nSPS) is 30.9. The Labute approximate surface area is 147 Å². The highest BCUT2D eigenvalue weighted by molar-refractivity contribution is 5.23. The molecule has 0 aromatic heterocycles. The summed E-state index contributed by atoms with van der Waals surface area (Å²) in [5, 5.41) is 0. The van der Waals surface area contributed by atoms with E-state index in [2.05, 4.69) is 37.8 Å². The maximum absolute atomic E-state index is 6.06. The zero-order valence-electron chi connectivity index (χ0n) is 15.1. The molecule has 0 N–H and O–H groups in total. The molecule has 0 amide bonds. The van der Waals surface area contributed by atoms with Crippen LogP contribution in [0.15, 0.2) is 36.9 Å². The molecule has 1 saturated carbocycles. The number of ether oxygens (including phenoxy) is 2. The first-order valence-corrected chi connectivity index (χ1v) is 9.69. The largest absolute Gasteiger partial charge is 0.348 e. The third-order valence-corrected chi connectivity index (χ3v) is 5.78. The first-order chi connectivity index (χ1) is 11.8. The SMILES string of the molecule is C=CCCCc1ccc(C2OCC(C3CCC(C)CC3)CO2)cc1. The zero-order chi connectivity index (χ0) is 16.8. The molecule has 0 atom stereocenters. The fraction of sp³-hybridized carbons (Fsp3) is 0.636. The summed E-state index contributed by atoms with van der Waals surface area (Å²) in [4.78, 5) is 0. The molecular formula is C22H32O2. The van der Waals surface area contributed by atoms with Crippen molar-refractivity contribution in [2.45, 2.75) is 58.2 Å². The Bertz CT molecular complexity index is 491. The molecule has 2 heteroatoms.